The molecule has 2 aliphatic rings. The minimum Gasteiger partial charge on any atom is -0.378 e. The number of rotatable bonds is 6. The molecule has 2 fully saturated rings. The molecule has 1 aromatic carbocycles. The van der Waals surface area contributed by atoms with Crippen LogP contribution in [0.2, 0.25) is 0 Å². The van der Waals surface area contributed by atoms with Gasteiger partial charge in [0.2, 0.25) is 0 Å². The fourth-order valence-electron chi connectivity index (χ4n) is 4.76. The Bertz CT molecular complexity index is 742. The Balaban J connectivity index is 1.53. The van der Waals surface area contributed by atoms with Crippen LogP contribution in [0.4, 0.5) is 9.18 Å². The summed E-state index contributed by atoms with van der Waals surface area (Å²) in [7, 11) is 0. The van der Waals surface area contributed by atoms with Crippen molar-refractivity contribution in [2.45, 2.75) is 51.0 Å². The molecule has 164 valence electrons. The number of nitrogens with two attached hydrogens (primary N) is 1. The van der Waals surface area contributed by atoms with Gasteiger partial charge in [-0.25, -0.2) is 9.18 Å². The van der Waals surface area contributed by atoms with Crippen LogP contribution in [0.3, 0.4) is 0 Å². The molecule has 6 nitrogen and oxygen atoms in total. The molecular weight excluding hydrogens is 401 g/mol. The molecule has 8 heteroatoms. The number of benzene rings is 1. The van der Waals surface area contributed by atoms with E-state index in [4.69, 9.17) is 11.1 Å². The number of amidine groups is 1. The second-order valence-electron chi connectivity index (χ2n) is 8.38. The summed E-state index contributed by atoms with van der Waals surface area (Å²) in [6.07, 6.45) is 7.76. The molecule has 0 spiro atoms. The molecule has 4 N–H and O–H groups in total. The van der Waals surface area contributed by atoms with Crippen LogP contribution in [0.15, 0.2) is 29.3 Å². The number of likely N-dealkylation sites (tertiary alicyclic amines) is 1. The SMILES string of the molecule is N=CSC(N)=NC(=O)N[C@@H]1CCCC[C@H]1CN1CCC[C@@H](Cc2ccc(F)cc2)C1. The lowest BCUT2D eigenvalue weighted by Gasteiger charge is -2.39. The fourth-order valence-corrected chi connectivity index (χ4v) is 5.02. The Morgan fingerprint density at radius 3 is 2.80 bits per heavy atom. The highest BCUT2D eigenvalue weighted by Gasteiger charge is 2.30. The molecule has 1 aliphatic carbocycles. The summed E-state index contributed by atoms with van der Waals surface area (Å²) < 4.78 is 13.2. The Morgan fingerprint density at radius 2 is 2.03 bits per heavy atom. The largest absolute Gasteiger partial charge is 0.378 e. The van der Waals surface area contributed by atoms with E-state index in [1.165, 1.54) is 24.8 Å². The normalized spacial score (nSPS) is 25.6. The van der Waals surface area contributed by atoms with E-state index in [9.17, 15) is 9.18 Å². The van der Waals surface area contributed by atoms with E-state index in [1.54, 1.807) is 12.1 Å². The maximum absolute atomic E-state index is 13.2. The van der Waals surface area contributed by atoms with Gasteiger partial charge in [0.15, 0.2) is 5.17 Å². The van der Waals surface area contributed by atoms with Crippen LogP contribution in [0, 0.1) is 23.1 Å². The second-order valence-corrected chi connectivity index (χ2v) is 9.27. The zero-order valence-corrected chi connectivity index (χ0v) is 18.2. The average molecular weight is 434 g/mol. The van der Waals surface area contributed by atoms with Crippen LogP contribution < -0.4 is 11.1 Å². The van der Waals surface area contributed by atoms with Crippen LogP contribution in [0.1, 0.15) is 44.1 Å². The fraction of sp³-hybridized carbons (Fsp3) is 0.591. The van der Waals surface area contributed by atoms with Gasteiger partial charge in [0.1, 0.15) is 5.82 Å². The predicted molar refractivity (Wildman–Crippen MR) is 122 cm³/mol. The summed E-state index contributed by atoms with van der Waals surface area (Å²) in [5.74, 6) is 0.819. The van der Waals surface area contributed by atoms with Crippen molar-refractivity contribution in [1.82, 2.24) is 10.2 Å². The summed E-state index contributed by atoms with van der Waals surface area (Å²) >= 11 is 0.932. The van der Waals surface area contributed by atoms with E-state index in [-0.39, 0.29) is 17.0 Å². The van der Waals surface area contributed by atoms with Gasteiger partial charge in [-0.05, 0) is 79.9 Å². The Morgan fingerprint density at radius 1 is 1.27 bits per heavy atom. The number of piperidine rings is 1. The number of aliphatic imine (C=N–C) groups is 1. The van der Waals surface area contributed by atoms with Crippen molar-refractivity contribution in [2.24, 2.45) is 22.6 Å². The van der Waals surface area contributed by atoms with Gasteiger partial charge in [-0.1, -0.05) is 25.0 Å². The van der Waals surface area contributed by atoms with Gasteiger partial charge in [-0.15, -0.1) is 0 Å². The zero-order chi connectivity index (χ0) is 21.3. The minimum absolute atomic E-state index is 0.0922. The van der Waals surface area contributed by atoms with Crippen LogP contribution in [0.25, 0.3) is 0 Å². The van der Waals surface area contributed by atoms with E-state index in [1.807, 2.05) is 12.1 Å². The molecule has 1 aromatic rings. The smallest absolute Gasteiger partial charge is 0.343 e. The maximum atomic E-state index is 13.2. The third-order valence-electron chi connectivity index (χ3n) is 6.14. The Kier molecular flexibility index (Phi) is 8.69. The lowest BCUT2D eigenvalue weighted by atomic mass is 9.83. The van der Waals surface area contributed by atoms with Crippen molar-refractivity contribution in [1.29, 1.82) is 5.41 Å². The zero-order valence-electron chi connectivity index (χ0n) is 17.4. The van der Waals surface area contributed by atoms with E-state index in [0.29, 0.717) is 11.8 Å². The van der Waals surface area contributed by atoms with Crippen molar-refractivity contribution in [3.8, 4) is 0 Å². The molecule has 3 rings (SSSR count). The van der Waals surface area contributed by atoms with E-state index in [0.717, 1.165) is 62.6 Å². The van der Waals surface area contributed by atoms with Crippen molar-refractivity contribution < 1.29 is 9.18 Å². The van der Waals surface area contributed by atoms with Crippen molar-refractivity contribution >= 4 is 28.5 Å². The number of nitrogens with zero attached hydrogens (tertiary/aromatic N) is 2. The Labute approximate surface area is 182 Å². The molecule has 3 atom stereocenters. The molecular formula is C22H32FN5OS. The van der Waals surface area contributed by atoms with Gasteiger partial charge in [0, 0.05) is 19.1 Å². The van der Waals surface area contributed by atoms with Crippen LogP contribution in [0.5, 0.6) is 0 Å². The molecule has 1 saturated heterocycles. The number of hydrogen-bond donors (Lipinski definition) is 3. The van der Waals surface area contributed by atoms with Gasteiger partial charge in [0.05, 0.1) is 5.55 Å². The third kappa shape index (κ3) is 7.09. The average Bonchev–Trinajstić information content (AvgIpc) is 2.71. The lowest BCUT2D eigenvalue weighted by Crippen LogP contribution is -2.48. The summed E-state index contributed by atoms with van der Waals surface area (Å²) in [6.45, 7) is 3.13. The first-order valence-electron chi connectivity index (χ1n) is 10.8. The molecule has 1 aliphatic heterocycles. The van der Waals surface area contributed by atoms with Crippen molar-refractivity contribution in [3.05, 3.63) is 35.6 Å². The van der Waals surface area contributed by atoms with Gasteiger partial charge >= 0.3 is 6.03 Å². The van der Waals surface area contributed by atoms with Gasteiger partial charge < -0.3 is 21.4 Å². The second kappa shape index (κ2) is 11.5. The Hall–Kier alpha value is -1.93. The molecule has 1 heterocycles. The number of thioether (sulfide) groups is 1. The topological polar surface area (TPSA) is 94.6 Å². The number of nitrogens with one attached hydrogen (secondary N) is 2. The van der Waals surface area contributed by atoms with E-state index >= 15 is 0 Å². The van der Waals surface area contributed by atoms with Crippen LogP contribution in [-0.4, -0.2) is 47.3 Å². The molecule has 0 unspecified atom stereocenters. The van der Waals surface area contributed by atoms with E-state index in [2.05, 4.69) is 15.2 Å². The number of halogens is 1. The third-order valence-corrected chi connectivity index (χ3v) is 6.59. The number of amides is 2. The summed E-state index contributed by atoms with van der Waals surface area (Å²) in [5, 5.41) is 10.2. The van der Waals surface area contributed by atoms with Crippen LogP contribution in [-0.2, 0) is 6.42 Å². The van der Waals surface area contributed by atoms with Gasteiger partial charge in [-0.2, -0.15) is 4.99 Å². The number of hydrogen-bond acceptors (Lipinski definition) is 4. The quantitative estimate of drug-likeness (QED) is 0.467. The van der Waals surface area contributed by atoms with Gasteiger partial charge in [0.25, 0.3) is 0 Å². The van der Waals surface area contributed by atoms with Crippen molar-refractivity contribution in [2.75, 3.05) is 19.6 Å². The van der Waals surface area contributed by atoms with Crippen LogP contribution >= 0.6 is 11.8 Å². The standard InChI is InChI=1S/C22H32FN5OS/c23-19-9-7-16(8-10-19)12-17-4-3-11-28(13-17)14-18-5-1-2-6-20(18)26-22(29)27-21(25)30-15-24/h7-10,15,17-18,20,24H,1-6,11-14H2,(H3,25,26,27,29)/t17-,18-,20+/m0/s1. The predicted octanol–water partition coefficient (Wildman–Crippen LogP) is 4.00. The number of carbonyl (C=O) groups excluding carboxylic acids is 1. The molecule has 0 aromatic heterocycles. The number of carbonyl (C=O) groups is 1. The lowest BCUT2D eigenvalue weighted by molar-refractivity contribution is 0.122. The van der Waals surface area contributed by atoms with E-state index < -0.39 is 6.03 Å². The first-order valence-corrected chi connectivity index (χ1v) is 11.7. The first kappa shape index (κ1) is 22.7. The summed E-state index contributed by atoms with van der Waals surface area (Å²) in [5.41, 5.74) is 7.90. The monoisotopic (exact) mass is 433 g/mol. The maximum Gasteiger partial charge on any atom is 0.343 e. The molecule has 1 saturated carbocycles. The molecule has 30 heavy (non-hydrogen) atoms. The van der Waals surface area contributed by atoms with Crippen molar-refractivity contribution in [3.63, 3.8) is 0 Å². The highest BCUT2D eigenvalue weighted by atomic mass is 32.2. The molecule has 2 amide bonds. The highest BCUT2D eigenvalue weighted by molar-refractivity contribution is 8.24. The molecule has 0 radical (unpaired) electrons. The highest BCUT2D eigenvalue weighted by Crippen LogP contribution is 2.28. The molecule has 0 bridgehead atoms. The first-order chi connectivity index (χ1) is 14.5. The number of urea groups is 1. The summed E-state index contributed by atoms with van der Waals surface area (Å²) in [4.78, 5) is 18.6. The van der Waals surface area contributed by atoms with Gasteiger partial charge in [-0.3, -0.25) is 0 Å². The summed E-state index contributed by atoms with van der Waals surface area (Å²) in [6, 6.07) is 6.58. The minimum atomic E-state index is -0.411.